The van der Waals surface area contributed by atoms with Crippen LogP contribution in [-0.2, 0) is 9.53 Å². The van der Waals surface area contributed by atoms with Crippen LogP contribution >= 0.6 is 11.3 Å². The summed E-state index contributed by atoms with van der Waals surface area (Å²) < 4.78 is 5.10. The van der Waals surface area contributed by atoms with Crippen LogP contribution in [0.25, 0.3) is 0 Å². The molecule has 1 aromatic heterocycles. The Balaban J connectivity index is 1.56. The van der Waals surface area contributed by atoms with Crippen LogP contribution in [0.5, 0.6) is 0 Å². The summed E-state index contributed by atoms with van der Waals surface area (Å²) >= 11 is 1.72. The number of carbonyl (C=O) groups is 2. The van der Waals surface area contributed by atoms with Crippen LogP contribution in [0.2, 0.25) is 0 Å². The molecule has 1 aliphatic heterocycles. The van der Waals surface area contributed by atoms with E-state index >= 15 is 0 Å². The van der Waals surface area contributed by atoms with Gasteiger partial charge in [-0.3, -0.25) is 4.79 Å². The first-order valence-electron chi connectivity index (χ1n) is 9.44. The molecule has 3 rings (SSSR count). The summed E-state index contributed by atoms with van der Waals surface area (Å²) in [5, 5.41) is 5.36. The van der Waals surface area contributed by atoms with Gasteiger partial charge < -0.3 is 15.0 Å². The van der Waals surface area contributed by atoms with E-state index in [0.29, 0.717) is 38.5 Å². The van der Waals surface area contributed by atoms with Gasteiger partial charge in [0.15, 0.2) is 0 Å². The smallest absolute Gasteiger partial charge is 0.317 e. The molecule has 2 fully saturated rings. The fraction of sp³-hybridized carbons (Fsp3) is 0.684. The summed E-state index contributed by atoms with van der Waals surface area (Å²) in [6.45, 7) is 3.49. The molecule has 6 heteroatoms. The second-order valence-electron chi connectivity index (χ2n) is 7.00. The maximum Gasteiger partial charge on any atom is 0.317 e. The third kappa shape index (κ3) is 4.54. The Morgan fingerprint density at radius 1 is 1.28 bits per heavy atom. The van der Waals surface area contributed by atoms with Crippen LogP contribution in [0.1, 0.15) is 56.4 Å². The van der Waals surface area contributed by atoms with Gasteiger partial charge in [-0.2, -0.15) is 0 Å². The summed E-state index contributed by atoms with van der Waals surface area (Å²) in [6.07, 6.45) is 6.28. The molecule has 1 saturated heterocycles. The Bertz CT molecular complexity index is 561. The number of likely N-dealkylation sites (tertiary alicyclic amines) is 1. The lowest BCUT2D eigenvalue weighted by molar-refractivity contribution is -0.149. The van der Waals surface area contributed by atoms with Crippen LogP contribution in [-0.4, -0.2) is 36.6 Å². The van der Waals surface area contributed by atoms with Crippen molar-refractivity contribution in [1.29, 1.82) is 0 Å². The molecule has 2 amide bonds. The van der Waals surface area contributed by atoms with E-state index in [9.17, 15) is 9.59 Å². The van der Waals surface area contributed by atoms with Gasteiger partial charge in [-0.15, -0.1) is 11.3 Å². The molecule has 1 saturated carbocycles. The maximum atomic E-state index is 12.8. The number of carbonyl (C=O) groups excluding carboxylic acids is 2. The number of rotatable bonds is 5. The number of thiophene rings is 1. The van der Waals surface area contributed by atoms with Gasteiger partial charge >= 0.3 is 12.0 Å². The van der Waals surface area contributed by atoms with Crippen molar-refractivity contribution in [3.8, 4) is 0 Å². The van der Waals surface area contributed by atoms with Gasteiger partial charge in [0.2, 0.25) is 0 Å². The standard InChI is InChI=1S/C19H28N2O3S/c1-2-24-18(22)15-9-11-21(12-10-15)19(23)20-17(14-6-3-4-7-14)16-8-5-13-25-16/h5,8,13-15,17H,2-4,6-7,9-12H2,1H3,(H,20,23). The first-order chi connectivity index (χ1) is 12.2. The van der Waals surface area contributed by atoms with Gasteiger partial charge in [0.05, 0.1) is 18.6 Å². The minimum absolute atomic E-state index is 0.00705. The van der Waals surface area contributed by atoms with Crippen LogP contribution in [0.3, 0.4) is 0 Å². The third-order valence-corrected chi connectivity index (χ3v) is 6.36. The Kier molecular flexibility index (Phi) is 6.34. The molecule has 0 radical (unpaired) electrons. The second-order valence-corrected chi connectivity index (χ2v) is 7.98. The van der Waals surface area contributed by atoms with Gasteiger partial charge in [-0.1, -0.05) is 18.9 Å². The largest absolute Gasteiger partial charge is 0.466 e. The molecular weight excluding hydrogens is 336 g/mol. The summed E-state index contributed by atoms with van der Waals surface area (Å²) in [6, 6.07) is 4.31. The lowest BCUT2D eigenvalue weighted by Crippen LogP contribution is -2.47. The molecule has 1 N–H and O–H groups in total. The molecule has 0 spiro atoms. The first-order valence-corrected chi connectivity index (χ1v) is 10.3. The SMILES string of the molecule is CCOC(=O)C1CCN(C(=O)NC(c2cccs2)C2CCCC2)CC1. The average molecular weight is 365 g/mol. The van der Waals surface area contributed by atoms with E-state index in [0.717, 1.165) is 0 Å². The van der Waals surface area contributed by atoms with Gasteiger partial charge in [-0.05, 0) is 50.0 Å². The van der Waals surface area contributed by atoms with Gasteiger partial charge in [0.1, 0.15) is 0 Å². The van der Waals surface area contributed by atoms with Crippen molar-refractivity contribution in [1.82, 2.24) is 10.2 Å². The van der Waals surface area contributed by atoms with Crippen LogP contribution < -0.4 is 5.32 Å². The Morgan fingerprint density at radius 2 is 2.00 bits per heavy atom. The number of nitrogens with one attached hydrogen (secondary N) is 1. The number of urea groups is 1. The number of ether oxygens (including phenoxy) is 1. The summed E-state index contributed by atoms with van der Waals surface area (Å²) in [5.74, 6) is 0.358. The monoisotopic (exact) mass is 364 g/mol. The summed E-state index contributed by atoms with van der Waals surface area (Å²) in [7, 11) is 0. The Labute approximate surface area is 153 Å². The zero-order valence-corrected chi connectivity index (χ0v) is 15.7. The normalized spacial score (nSPS) is 20.4. The van der Waals surface area contributed by atoms with Crippen molar-refractivity contribution >= 4 is 23.3 Å². The topological polar surface area (TPSA) is 58.6 Å². The second kappa shape index (κ2) is 8.70. The van der Waals surface area contributed by atoms with E-state index in [2.05, 4.69) is 22.8 Å². The number of piperidine rings is 1. The number of hydrogen-bond acceptors (Lipinski definition) is 4. The highest BCUT2D eigenvalue weighted by Gasteiger charge is 2.32. The van der Waals surface area contributed by atoms with Gasteiger partial charge in [0, 0.05) is 18.0 Å². The van der Waals surface area contributed by atoms with E-state index in [1.807, 2.05) is 11.8 Å². The quantitative estimate of drug-likeness (QED) is 0.805. The number of nitrogens with zero attached hydrogens (tertiary/aromatic N) is 1. The van der Waals surface area contributed by atoms with Crippen molar-refractivity contribution < 1.29 is 14.3 Å². The molecule has 1 aromatic rings. The number of amides is 2. The molecule has 25 heavy (non-hydrogen) atoms. The van der Waals surface area contributed by atoms with Crippen LogP contribution in [0, 0.1) is 11.8 Å². The molecule has 0 bridgehead atoms. The molecule has 138 valence electrons. The first kappa shape index (κ1) is 18.2. The van der Waals surface area contributed by atoms with E-state index < -0.39 is 0 Å². The molecular formula is C19H28N2O3S. The zero-order chi connectivity index (χ0) is 17.6. The lowest BCUT2D eigenvalue weighted by atomic mass is 9.96. The Hall–Kier alpha value is -1.56. The molecule has 1 aliphatic carbocycles. The fourth-order valence-corrected chi connectivity index (χ4v) is 4.85. The van der Waals surface area contributed by atoms with Gasteiger partial charge in [-0.25, -0.2) is 4.79 Å². The van der Waals surface area contributed by atoms with E-state index in [4.69, 9.17) is 4.74 Å². The van der Waals surface area contributed by atoms with Crippen molar-refractivity contribution in [3.05, 3.63) is 22.4 Å². The average Bonchev–Trinajstić information content (AvgIpc) is 3.33. The highest BCUT2D eigenvalue weighted by Crippen LogP contribution is 2.37. The fourth-order valence-electron chi connectivity index (χ4n) is 3.98. The number of esters is 1. The third-order valence-electron chi connectivity index (χ3n) is 5.40. The van der Waals surface area contributed by atoms with Crippen LogP contribution in [0.4, 0.5) is 4.79 Å². The molecule has 1 unspecified atom stereocenters. The van der Waals surface area contributed by atoms with Crippen molar-refractivity contribution in [2.45, 2.75) is 51.5 Å². The number of hydrogen-bond donors (Lipinski definition) is 1. The lowest BCUT2D eigenvalue weighted by Gasteiger charge is -2.33. The molecule has 5 nitrogen and oxygen atoms in total. The minimum atomic E-state index is -0.120. The Morgan fingerprint density at radius 3 is 2.60 bits per heavy atom. The molecule has 2 aliphatic rings. The van der Waals surface area contributed by atoms with Crippen molar-refractivity contribution in [2.24, 2.45) is 11.8 Å². The van der Waals surface area contributed by atoms with E-state index in [1.54, 1.807) is 11.3 Å². The van der Waals surface area contributed by atoms with E-state index in [1.165, 1.54) is 30.6 Å². The summed E-state index contributed by atoms with van der Waals surface area (Å²) in [5.41, 5.74) is 0. The predicted molar refractivity (Wildman–Crippen MR) is 98.5 cm³/mol. The highest BCUT2D eigenvalue weighted by atomic mass is 32.1. The van der Waals surface area contributed by atoms with E-state index in [-0.39, 0.29) is 24.0 Å². The van der Waals surface area contributed by atoms with Crippen molar-refractivity contribution in [3.63, 3.8) is 0 Å². The molecule has 0 aromatic carbocycles. The van der Waals surface area contributed by atoms with Crippen molar-refractivity contribution in [2.75, 3.05) is 19.7 Å². The zero-order valence-electron chi connectivity index (χ0n) is 14.9. The maximum absolute atomic E-state index is 12.8. The summed E-state index contributed by atoms with van der Waals surface area (Å²) in [4.78, 5) is 27.7. The predicted octanol–water partition coefficient (Wildman–Crippen LogP) is 3.96. The molecule has 2 heterocycles. The van der Waals surface area contributed by atoms with Crippen LogP contribution in [0.15, 0.2) is 17.5 Å². The van der Waals surface area contributed by atoms with Gasteiger partial charge in [0.25, 0.3) is 0 Å². The molecule has 1 atom stereocenters. The minimum Gasteiger partial charge on any atom is -0.466 e. The highest BCUT2D eigenvalue weighted by molar-refractivity contribution is 7.10.